The number of nitrogens with one attached hydrogen (secondary N) is 1. The van der Waals surface area contributed by atoms with E-state index >= 15 is 0 Å². The van der Waals surface area contributed by atoms with Crippen LogP contribution in [-0.4, -0.2) is 50.9 Å². The predicted octanol–water partition coefficient (Wildman–Crippen LogP) is 5.89. The second-order valence-corrected chi connectivity index (χ2v) is 12.1. The van der Waals surface area contributed by atoms with Crippen molar-refractivity contribution in [3.05, 3.63) is 88.9 Å². The standard InChI is InChI=1S/C30H33ClF3N3O5S/c1-5-20(2)35-29(39)21(3)36(18-22-11-14-24(42-4)15-12-22)28(38)19-37(43(40,41)25-9-7-6-8-10-25)23-13-16-27(31)26(17-23)30(32,33)34/h6-17,20-21H,5,18-19H2,1-4H3,(H,35,39). The maximum atomic E-state index is 13.9. The van der Waals surface area contributed by atoms with Crippen LogP contribution >= 0.6 is 11.6 Å². The van der Waals surface area contributed by atoms with Crippen molar-refractivity contribution in [1.82, 2.24) is 10.2 Å². The van der Waals surface area contributed by atoms with E-state index in [0.717, 1.165) is 12.1 Å². The van der Waals surface area contributed by atoms with Crippen LogP contribution < -0.4 is 14.4 Å². The molecule has 2 atom stereocenters. The maximum absolute atomic E-state index is 13.9. The number of hydrogen-bond acceptors (Lipinski definition) is 5. The number of sulfonamides is 1. The van der Waals surface area contributed by atoms with E-state index < -0.39 is 56.9 Å². The number of carbonyl (C=O) groups excluding carboxylic acids is 2. The third-order valence-corrected chi connectivity index (χ3v) is 8.95. The molecule has 13 heteroatoms. The summed E-state index contributed by atoms with van der Waals surface area (Å²) in [5.41, 5.74) is -1.07. The van der Waals surface area contributed by atoms with E-state index in [1.807, 2.05) is 6.92 Å². The number of rotatable bonds is 12. The number of amides is 2. The molecule has 0 saturated heterocycles. The molecule has 0 radical (unpaired) electrons. The second-order valence-electron chi connectivity index (χ2n) is 9.85. The van der Waals surface area contributed by atoms with Crippen molar-refractivity contribution in [1.29, 1.82) is 0 Å². The molecule has 0 spiro atoms. The maximum Gasteiger partial charge on any atom is 0.417 e. The van der Waals surface area contributed by atoms with Gasteiger partial charge in [0.05, 0.1) is 28.3 Å². The summed E-state index contributed by atoms with van der Waals surface area (Å²) in [6, 6.07) is 15.1. The van der Waals surface area contributed by atoms with Crippen molar-refractivity contribution in [3.63, 3.8) is 0 Å². The Kier molecular flexibility index (Phi) is 11.1. The van der Waals surface area contributed by atoms with Gasteiger partial charge in [-0.05, 0) is 68.3 Å². The summed E-state index contributed by atoms with van der Waals surface area (Å²) in [5.74, 6) is -0.724. The summed E-state index contributed by atoms with van der Waals surface area (Å²) in [6.07, 6.45) is -4.26. The first-order chi connectivity index (χ1) is 20.2. The summed E-state index contributed by atoms with van der Waals surface area (Å²) in [7, 11) is -3.06. The zero-order valence-electron chi connectivity index (χ0n) is 24.1. The molecule has 0 heterocycles. The minimum atomic E-state index is -4.89. The molecule has 3 aromatic carbocycles. The highest BCUT2D eigenvalue weighted by Gasteiger charge is 2.37. The molecule has 0 aliphatic carbocycles. The zero-order valence-corrected chi connectivity index (χ0v) is 25.6. The molecule has 43 heavy (non-hydrogen) atoms. The largest absolute Gasteiger partial charge is 0.497 e. The van der Waals surface area contributed by atoms with Gasteiger partial charge in [-0.15, -0.1) is 0 Å². The molecule has 0 saturated carbocycles. The summed E-state index contributed by atoms with van der Waals surface area (Å²) in [5, 5.41) is 2.19. The molecule has 0 aliphatic heterocycles. The smallest absolute Gasteiger partial charge is 0.417 e. The number of halogens is 4. The van der Waals surface area contributed by atoms with Gasteiger partial charge in [-0.1, -0.05) is 48.9 Å². The lowest BCUT2D eigenvalue weighted by Crippen LogP contribution is -2.52. The average molecular weight is 640 g/mol. The molecular formula is C30H33ClF3N3O5S. The van der Waals surface area contributed by atoms with E-state index in [2.05, 4.69) is 5.32 Å². The quantitative estimate of drug-likeness (QED) is 0.267. The molecule has 232 valence electrons. The Morgan fingerprint density at radius 2 is 1.63 bits per heavy atom. The van der Waals surface area contributed by atoms with Crippen LogP contribution in [0.3, 0.4) is 0 Å². The number of ether oxygens (including phenoxy) is 1. The van der Waals surface area contributed by atoms with Gasteiger partial charge in [-0.3, -0.25) is 13.9 Å². The van der Waals surface area contributed by atoms with E-state index in [-0.39, 0.29) is 17.5 Å². The Morgan fingerprint density at radius 1 is 1.00 bits per heavy atom. The van der Waals surface area contributed by atoms with Gasteiger partial charge >= 0.3 is 6.18 Å². The Morgan fingerprint density at radius 3 is 2.19 bits per heavy atom. The highest BCUT2D eigenvalue weighted by molar-refractivity contribution is 7.92. The van der Waals surface area contributed by atoms with Crippen LogP contribution in [0.2, 0.25) is 5.02 Å². The SMILES string of the molecule is CCC(C)NC(=O)C(C)N(Cc1ccc(OC)cc1)C(=O)CN(c1ccc(Cl)c(C(F)(F)F)c1)S(=O)(=O)c1ccccc1. The van der Waals surface area contributed by atoms with Gasteiger partial charge in [0.1, 0.15) is 18.3 Å². The van der Waals surface area contributed by atoms with Crippen molar-refractivity contribution >= 4 is 39.1 Å². The fraction of sp³-hybridized carbons (Fsp3) is 0.333. The Labute approximate surface area is 254 Å². The van der Waals surface area contributed by atoms with Crippen LogP contribution in [0.1, 0.15) is 38.3 Å². The number of nitrogens with zero attached hydrogens (tertiary/aromatic N) is 2. The number of alkyl halides is 3. The van der Waals surface area contributed by atoms with Gasteiger partial charge in [-0.2, -0.15) is 13.2 Å². The third-order valence-electron chi connectivity index (χ3n) is 6.83. The average Bonchev–Trinajstić information content (AvgIpc) is 2.98. The molecular weight excluding hydrogens is 607 g/mol. The van der Waals surface area contributed by atoms with Crippen molar-refractivity contribution in [2.24, 2.45) is 0 Å². The molecule has 8 nitrogen and oxygen atoms in total. The van der Waals surface area contributed by atoms with Crippen LogP contribution in [0.15, 0.2) is 77.7 Å². The van der Waals surface area contributed by atoms with Crippen molar-refractivity contribution in [3.8, 4) is 5.75 Å². The lowest BCUT2D eigenvalue weighted by atomic mass is 10.1. The fourth-order valence-electron chi connectivity index (χ4n) is 4.11. The van der Waals surface area contributed by atoms with Crippen LogP contribution in [0.5, 0.6) is 5.75 Å². The zero-order chi connectivity index (χ0) is 31.9. The highest BCUT2D eigenvalue weighted by Crippen LogP contribution is 2.38. The second kappa shape index (κ2) is 14.1. The summed E-state index contributed by atoms with van der Waals surface area (Å²) < 4.78 is 74.6. The molecule has 2 unspecified atom stereocenters. The number of hydrogen-bond donors (Lipinski definition) is 1. The number of anilines is 1. The van der Waals surface area contributed by atoms with Crippen LogP contribution in [0.25, 0.3) is 0 Å². The fourth-order valence-corrected chi connectivity index (χ4v) is 5.76. The van der Waals surface area contributed by atoms with E-state index in [0.29, 0.717) is 28.1 Å². The van der Waals surface area contributed by atoms with Crippen molar-refractivity contribution < 1.29 is 35.9 Å². The first-order valence-electron chi connectivity index (χ1n) is 13.4. The van der Waals surface area contributed by atoms with E-state index in [1.165, 1.54) is 43.2 Å². The van der Waals surface area contributed by atoms with Gasteiger partial charge in [0.15, 0.2) is 0 Å². The summed E-state index contributed by atoms with van der Waals surface area (Å²) in [4.78, 5) is 28.0. The van der Waals surface area contributed by atoms with E-state index in [1.54, 1.807) is 37.3 Å². The molecule has 3 aromatic rings. The molecule has 1 N–H and O–H groups in total. The third kappa shape index (κ3) is 8.41. The van der Waals surface area contributed by atoms with Crippen LogP contribution in [0.4, 0.5) is 18.9 Å². The van der Waals surface area contributed by atoms with E-state index in [9.17, 15) is 31.2 Å². The molecule has 0 bridgehead atoms. The highest BCUT2D eigenvalue weighted by atomic mass is 35.5. The molecule has 0 aliphatic rings. The molecule has 0 aromatic heterocycles. The normalized spacial score (nSPS) is 13.1. The topological polar surface area (TPSA) is 96.0 Å². The van der Waals surface area contributed by atoms with Gasteiger partial charge in [0.25, 0.3) is 10.0 Å². The lowest BCUT2D eigenvalue weighted by Gasteiger charge is -2.32. The number of methoxy groups -OCH3 is 1. The van der Waals surface area contributed by atoms with E-state index in [4.69, 9.17) is 16.3 Å². The molecule has 3 rings (SSSR count). The van der Waals surface area contributed by atoms with Crippen molar-refractivity contribution in [2.45, 2.75) is 56.9 Å². The summed E-state index contributed by atoms with van der Waals surface area (Å²) >= 11 is 5.80. The Balaban J connectivity index is 2.10. The van der Waals surface area contributed by atoms with Gasteiger partial charge in [-0.25, -0.2) is 8.42 Å². The Hall–Kier alpha value is -3.77. The minimum absolute atomic E-state index is 0.0917. The Bertz CT molecular complexity index is 1520. The number of carbonyl (C=O) groups is 2. The van der Waals surface area contributed by atoms with Crippen LogP contribution in [0, 0.1) is 0 Å². The molecule has 2 amide bonds. The monoisotopic (exact) mass is 639 g/mol. The van der Waals surface area contributed by atoms with Crippen LogP contribution in [-0.2, 0) is 32.3 Å². The van der Waals surface area contributed by atoms with Gasteiger partial charge in [0, 0.05) is 12.6 Å². The van der Waals surface area contributed by atoms with Gasteiger partial charge < -0.3 is 15.0 Å². The minimum Gasteiger partial charge on any atom is -0.497 e. The van der Waals surface area contributed by atoms with Crippen molar-refractivity contribution in [2.75, 3.05) is 18.0 Å². The predicted molar refractivity (Wildman–Crippen MR) is 158 cm³/mol. The summed E-state index contributed by atoms with van der Waals surface area (Å²) in [6.45, 7) is 4.19. The first-order valence-corrected chi connectivity index (χ1v) is 15.2. The van der Waals surface area contributed by atoms with Gasteiger partial charge in [0.2, 0.25) is 11.8 Å². The number of benzene rings is 3. The lowest BCUT2D eigenvalue weighted by molar-refractivity contribution is -0.139. The first kappa shape index (κ1) is 33.7. The molecule has 0 fully saturated rings.